The maximum atomic E-state index is 11.8. The second-order valence-corrected chi connectivity index (χ2v) is 6.45. The van der Waals surface area contributed by atoms with Crippen LogP contribution in [0.2, 0.25) is 0 Å². The van der Waals surface area contributed by atoms with Crippen LogP contribution < -0.4 is 0 Å². The molecule has 0 atom stereocenters. The van der Waals surface area contributed by atoms with Gasteiger partial charge in [-0.05, 0) is 20.8 Å². The van der Waals surface area contributed by atoms with E-state index in [1.165, 1.54) is 0 Å². The van der Waals surface area contributed by atoms with Crippen molar-refractivity contribution in [2.24, 2.45) is 0 Å². The zero-order valence-electron chi connectivity index (χ0n) is 10.1. The van der Waals surface area contributed by atoms with E-state index in [1.807, 2.05) is 0 Å². The van der Waals surface area contributed by atoms with Crippen LogP contribution in [-0.4, -0.2) is 36.2 Å². The van der Waals surface area contributed by atoms with Crippen molar-refractivity contribution in [1.29, 1.82) is 0 Å². The minimum atomic E-state index is -3.59. The highest BCUT2D eigenvalue weighted by atomic mass is 32.2. The number of carbonyl (C=O) groups is 1. The molecule has 1 aromatic heterocycles. The van der Waals surface area contributed by atoms with E-state index >= 15 is 0 Å². The zero-order valence-corrected chi connectivity index (χ0v) is 10.9. The van der Waals surface area contributed by atoms with Gasteiger partial charge in [-0.25, -0.2) is 23.2 Å². The minimum absolute atomic E-state index is 0.148. The number of sulfone groups is 1. The molecule has 1 aromatic rings. The molecular weight excluding hydrogens is 244 g/mol. The first-order chi connectivity index (χ1) is 7.61. The van der Waals surface area contributed by atoms with Crippen LogP contribution >= 0.6 is 0 Å². The van der Waals surface area contributed by atoms with Gasteiger partial charge in [-0.3, -0.25) is 0 Å². The molecule has 0 N–H and O–H groups in total. The van der Waals surface area contributed by atoms with E-state index in [0.29, 0.717) is 0 Å². The van der Waals surface area contributed by atoms with E-state index in [1.54, 1.807) is 20.8 Å². The summed E-state index contributed by atoms with van der Waals surface area (Å²) in [5, 5.41) is -0.318. The Morgan fingerprint density at radius 1 is 1.35 bits per heavy atom. The lowest BCUT2D eigenvalue weighted by Gasteiger charge is -2.19. The van der Waals surface area contributed by atoms with Crippen molar-refractivity contribution in [3.05, 3.63) is 18.1 Å². The molecule has 0 aliphatic carbocycles. The van der Waals surface area contributed by atoms with Crippen LogP contribution in [0, 0.1) is 0 Å². The lowest BCUT2D eigenvalue weighted by molar-refractivity contribution is 0.00636. The fourth-order valence-electron chi connectivity index (χ4n) is 1.09. The lowest BCUT2D eigenvalue weighted by atomic mass is 10.2. The fraction of sp³-hybridized carbons (Fsp3) is 0.500. The molecule has 0 aromatic carbocycles. The van der Waals surface area contributed by atoms with Crippen molar-refractivity contribution in [2.75, 3.05) is 6.26 Å². The van der Waals surface area contributed by atoms with Crippen LogP contribution in [0.1, 0.15) is 31.1 Å². The van der Waals surface area contributed by atoms with Gasteiger partial charge in [0.15, 0.2) is 14.9 Å². The first-order valence-corrected chi connectivity index (χ1v) is 6.74. The molecule has 0 aliphatic rings. The molecule has 17 heavy (non-hydrogen) atoms. The smallest absolute Gasteiger partial charge is 0.343 e. The van der Waals surface area contributed by atoms with E-state index in [-0.39, 0.29) is 10.6 Å². The number of hydrogen-bond acceptors (Lipinski definition) is 6. The highest BCUT2D eigenvalue weighted by molar-refractivity contribution is 7.90. The van der Waals surface area contributed by atoms with Gasteiger partial charge < -0.3 is 4.74 Å². The first-order valence-electron chi connectivity index (χ1n) is 4.84. The summed E-state index contributed by atoms with van der Waals surface area (Å²) in [6.07, 6.45) is 3.19. The van der Waals surface area contributed by atoms with E-state index in [9.17, 15) is 13.2 Å². The third kappa shape index (κ3) is 3.77. The summed E-state index contributed by atoms with van der Waals surface area (Å²) in [7, 11) is -3.59. The molecule has 0 radical (unpaired) electrons. The molecule has 1 rings (SSSR count). The number of rotatable bonds is 2. The van der Waals surface area contributed by atoms with Gasteiger partial charge in [0.1, 0.15) is 17.5 Å². The maximum Gasteiger partial charge on any atom is 0.343 e. The molecule has 0 unspecified atom stereocenters. The number of carbonyl (C=O) groups excluding carboxylic acids is 1. The quantitative estimate of drug-likeness (QED) is 0.577. The van der Waals surface area contributed by atoms with Gasteiger partial charge >= 0.3 is 5.97 Å². The molecule has 0 saturated carbocycles. The van der Waals surface area contributed by atoms with Crippen molar-refractivity contribution in [3.63, 3.8) is 0 Å². The molecule has 0 saturated heterocycles. The molecule has 0 fully saturated rings. The average Bonchev–Trinajstić information content (AvgIpc) is 2.13. The Balaban J connectivity index is 3.20. The van der Waals surface area contributed by atoms with Gasteiger partial charge in [0.05, 0.1) is 0 Å². The van der Waals surface area contributed by atoms with Crippen molar-refractivity contribution in [1.82, 2.24) is 9.97 Å². The number of hydrogen-bond donors (Lipinski definition) is 0. The molecule has 6 nitrogen and oxygen atoms in total. The summed E-state index contributed by atoms with van der Waals surface area (Å²) >= 11 is 0. The monoisotopic (exact) mass is 258 g/mol. The van der Waals surface area contributed by atoms with Gasteiger partial charge in [-0.1, -0.05) is 0 Å². The Hall–Kier alpha value is -1.50. The number of esters is 1. The highest BCUT2D eigenvalue weighted by Crippen LogP contribution is 2.16. The van der Waals surface area contributed by atoms with E-state index in [0.717, 1.165) is 18.8 Å². The summed E-state index contributed by atoms with van der Waals surface area (Å²) in [6.45, 7) is 5.07. The topological polar surface area (TPSA) is 86.2 Å². The van der Waals surface area contributed by atoms with Gasteiger partial charge in [0.2, 0.25) is 0 Å². The molecule has 1 heterocycles. The minimum Gasteiger partial charge on any atom is -0.456 e. The van der Waals surface area contributed by atoms with Crippen molar-refractivity contribution >= 4 is 15.8 Å². The lowest BCUT2D eigenvalue weighted by Crippen LogP contribution is -2.25. The zero-order chi connectivity index (χ0) is 13.3. The molecule has 0 amide bonds. The summed E-state index contributed by atoms with van der Waals surface area (Å²) < 4.78 is 27.9. The normalized spacial score (nSPS) is 12.2. The van der Waals surface area contributed by atoms with Crippen LogP contribution in [0.15, 0.2) is 17.6 Å². The fourth-order valence-corrected chi connectivity index (χ4v) is 1.86. The van der Waals surface area contributed by atoms with Gasteiger partial charge in [-0.15, -0.1) is 0 Å². The third-order valence-corrected chi connectivity index (χ3v) is 2.67. The van der Waals surface area contributed by atoms with Crippen LogP contribution in [-0.2, 0) is 14.6 Å². The number of ether oxygens (including phenoxy) is 1. The van der Waals surface area contributed by atoms with Gasteiger partial charge in [0, 0.05) is 12.5 Å². The summed E-state index contributed by atoms with van der Waals surface area (Å²) in [6, 6.07) is 0. The van der Waals surface area contributed by atoms with Crippen molar-refractivity contribution in [3.8, 4) is 0 Å². The summed E-state index contributed by atoms with van der Waals surface area (Å²) in [4.78, 5) is 19.0. The highest BCUT2D eigenvalue weighted by Gasteiger charge is 2.25. The maximum absolute atomic E-state index is 11.8. The molecule has 94 valence electrons. The molecular formula is C10H14N2O4S. The summed E-state index contributed by atoms with van der Waals surface area (Å²) in [5.41, 5.74) is -0.855. The van der Waals surface area contributed by atoms with Crippen molar-refractivity contribution in [2.45, 2.75) is 31.4 Å². The van der Waals surface area contributed by atoms with E-state index in [4.69, 9.17) is 4.74 Å². The predicted octanol–water partition coefficient (Wildman–Crippen LogP) is 0.835. The van der Waals surface area contributed by atoms with Crippen LogP contribution in [0.5, 0.6) is 0 Å². The second-order valence-electron chi connectivity index (χ2n) is 4.52. The standard InChI is InChI=1S/C10H14N2O4S/c1-10(2,3)16-9(13)7-5-11-6-12-8(7)17(4,14)15/h5-6H,1-4H3. The van der Waals surface area contributed by atoms with E-state index in [2.05, 4.69) is 9.97 Å². The third-order valence-electron chi connectivity index (χ3n) is 1.65. The van der Waals surface area contributed by atoms with Crippen LogP contribution in [0.3, 0.4) is 0 Å². The Morgan fingerprint density at radius 3 is 2.41 bits per heavy atom. The Labute approximate surface area is 100.0 Å². The summed E-state index contributed by atoms with van der Waals surface area (Å²) in [5.74, 6) is -0.751. The first kappa shape index (κ1) is 13.6. The van der Waals surface area contributed by atoms with Crippen LogP contribution in [0.25, 0.3) is 0 Å². The second kappa shape index (κ2) is 4.40. The molecule has 0 bridgehead atoms. The van der Waals surface area contributed by atoms with E-state index < -0.39 is 21.4 Å². The largest absolute Gasteiger partial charge is 0.456 e. The Bertz CT molecular complexity index is 531. The number of nitrogens with zero attached hydrogens (tertiary/aromatic N) is 2. The Kier molecular flexibility index (Phi) is 3.51. The van der Waals surface area contributed by atoms with Gasteiger partial charge in [-0.2, -0.15) is 0 Å². The van der Waals surface area contributed by atoms with Gasteiger partial charge in [0.25, 0.3) is 0 Å². The molecule has 0 aliphatic heterocycles. The SMILES string of the molecule is CC(C)(C)OC(=O)c1cncnc1S(C)(=O)=O. The number of aromatic nitrogens is 2. The Morgan fingerprint density at radius 2 is 1.94 bits per heavy atom. The average molecular weight is 258 g/mol. The van der Waals surface area contributed by atoms with Crippen LogP contribution in [0.4, 0.5) is 0 Å². The predicted molar refractivity (Wildman–Crippen MR) is 60.3 cm³/mol. The molecule has 7 heteroatoms. The molecule has 0 spiro atoms. The van der Waals surface area contributed by atoms with Crippen molar-refractivity contribution < 1.29 is 17.9 Å².